The molecule has 4 rings (SSSR count). The monoisotopic (exact) mass is 444 g/mol. The van der Waals surface area contributed by atoms with E-state index in [1.54, 1.807) is 0 Å². The number of nitrogens with one attached hydrogen (secondary N) is 1. The lowest BCUT2D eigenvalue weighted by Crippen LogP contribution is -2.42. The van der Waals surface area contributed by atoms with Crippen molar-refractivity contribution in [3.63, 3.8) is 0 Å². The number of benzene rings is 2. The van der Waals surface area contributed by atoms with Crippen LogP contribution in [0.25, 0.3) is 33.5 Å². The van der Waals surface area contributed by atoms with Gasteiger partial charge in [-0.15, -0.1) is 10.2 Å². The molecule has 2 heterocycles. The zero-order valence-corrected chi connectivity index (χ0v) is 18.4. The summed E-state index contributed by atoms with van der Waals surface area (Å²) in [5.41, 5.74) is 4.32. The number of fused-ring (bicyclic) bond motifs is 1. The lowest BCUT2D eigenvalue weighted by molar-refractivity contribution is -0.150. The maximum Gasteiger partial charge on any atom is 0.326 e. The van der Waals surface area contributed by atoms with Crippen LogP contribution in [0.4, 0.5) is 0 Å². The fourth-order valence-corrected chi connectivity index (χ4v) is 3.64. The van der Waals surface area contributed by atoms with Crippen LogP contribution < -0.4 is 0 Å². The van der Waals surface area contributed by atoms with Crippen LogP contribution in [0.3, 0.4) is 0 Å². The van der Waals surface area contributed by atoms with E-state index in [0.717, 1.165) is 33.3 Å². The first kappa shape index (κ1) is 22.1. The number of tetrazole rings is 1. The molecule has 0 aliphatic rings. The summed E-state index contributed by atoms with van der Waals surface area (Å²) in [6.45, 7) is 3.68. The highest BCUT2D eigenvalue weighted by Crippen LogP contribution is 2.25. The first-order chi connectivity index (χ1) is 16.0. The zero-order chi connectivity index (χ0) is 23.4. The average molecular weight is 444 g/mol. The number of aromatic nitrogens is 5. The van der Waals surface area contributed by atoms with E-state index in [9.17, 15) is 14.7 Å². The van der Waals surface area contributed by atoms with Crippen molar-refractivity contribution >= 4 is 22.8 Å². The lowest BCUT2D eigenvalue weighted by atomic mass is 10.1. The Morgan fingerprint density at radius 3 is 2.48 bits per heavy atom. The second kappa shape index (κ2) is 9.56. The van der Waals surface area contributed by atoms with Gasteiger partial charge in [-0.3, -0.25) is 4.79 Å². The van der Waals surface area contributed by atoms with E-state index in [0.29, 0.717) is 18.7 Å². The maximum atomic E-state index is 12.5. The van der Waals surface area contributed by atoms with Gasteiger partial charge >= 0.3 is 5.97 Å². The van der Waals surface area contributed by atoms with Crippen molar-refractivity contribution in [3.8, 4) is 22.6 Å². The van der Waals surface area contributed by atoms with Gasteiger partial charge < -0.3 is 10.0 Å². The number of carbonyl (C=O) groups is 2. The summed E-state index contributed by atoms with van der Waals surface area (Å²) in [4.78, 5) is 30.2. The molecule has 0 saturated carbocycles. The summed E-state index contributed by atoms with van der Waals surface area (Å²) in [6, 6.07) is 16.5. The molecule has 0 fully saturated rings. The molecule has 1 amide bonds. The number of aromatic amines is 1. The van der Waals surface area contributed by atoms with Crippen LogP contribution in [-0.2, 0) is 16.1 Å². The van der Waals surface area contributed by atoms with Crippen LogP contribution in [-0.4, -0.2) is 53.5 Å². The van der Waals surface area contributed by atoms with Gasteiger partial charge in [0.1, 0.15) is 6.04 Å². The fraction of sp³-hybridized carbons (Fsp3) is 0.250. The van der Waals surface area contributed by atoms with Crippen LogP contribution in [0.5, 0.6) is 0 Å². The summed E-state index contributed by atoms with van der Waals surface area (Å²) in [5, 5.41) is 24.3. The molecule has 9 nitrogen and oxygen atoms in total. The summed E-state index contributed by atoms with van der Waals surface area (Å²) < 4.78 is 0. The molecule has 9 heteroatoms. The number of carbonyl (C=O) groups excluding carboxylic acids is 1. The van der Waals surface area contributed by atoms with Gasteiger partial charge in [0.2, 0.25) is 11.7 Å². The van der Waals surface area contributed by atoms with Crippen molar-refractivity contribution in [1.82, 2.24) is 30.5 Å². The van der Waals surface area contributed by atoms with Gasteiger partial charge in [-0.2, -0.15) is 5.21 Å². The predicted molar refractivity (Wildman–Crippen MR) is 123 cm³/mol. The number of aliphatic carboxylic acids is 1. The molecule has 2 aromatic carbocycles. The number of carboxylic acids is 1. The molecule has 1 unspecified atom stereocenters. The summed E-state index contributed by atoms with van der Waals surface area (Å²) >= 11 is 0. The van der Waals surface area contributed by atoms with E-state index in [-0.39, 0.29) is 12.5 Å². The third-order valence-corrected chi connectivity index (χ3v) is 5.50. The lowest BCUT2D eigenvalue weighted by Gasteiger charge is -2.26. The third-order valence-electron chi connectivity index (χ3n) is 5.50. The van der Waals surface area contributed by atoms with Crippen LogP contribution >= 0.6 is 0 Å². The number of carboxylic acid groups (broad SMARTS) is 1. The first-order valence-corrected chi connectivity index (χ1v) is 10.7. The number of hydrogen-bond acceptors (Lipinski definition) is 6. The van der Waals surface area contributed by atoms with E-state index in [4.69, 9.17) is 4.98 Å². The molecule has 0 bridgehead atoms. The van der Waals surface area contributed by atoms with Crippen LogP contribution in [0.1, 0.15) is 32.3 Å². The molecule has 33 heavy (non-hydrogen) atoms. The quantitative estimate of drug-likeness (QED) is 0.425. The first-order valence-electron chi connectivity index (χ1n) is 10.7. The minimum atomic E-state index is -1.02. The van der Waals surface area contributed by atoms with E-state index < -0.39 is 12.0 Å². The predicted octanol–water partition coefficient (Wildman–Crippen LogP) is 3.68. The SMILES string of the molecule is CCCC(=O)N(Cc1ccc2nc(-c3ccc(-c4nn[nH]n4)cc3)ccc2c1)C(C)C(=O)O. The van der Waals surface area contributed by atoms with Crippen molar-refractivity contribution in [2.45, 2.75) is 39.3 Å². The van der Waals surface area contributed by atoms with Crippen LogP contribution in [0.15, 0.2) is 54.6 Å². The van der Waals surface area contributed by atoms with E-state index in [1.807, 2.05) is 61.5 Å². The van der Waals surface area contributed by atoms with Gasteiger partial charge in [-0.05, 0) is 42.3 Å². The van der Waals surface area contributed by atoms with Gasteiger partial charge in [0, 0.05) is 29.5 Å². The molecule has 2 N–H and O–H groups in total. The molecule has 0 spiro atoms. The summed E-state index contributed by atoms with van der Waals surface area (Å²) in [7, 11) is 0. The van der Waals surface area contributed by atoms with Crippen LogP contribution in [0.2, 0.25) is 0 Å². The minimum absolute atomic E-state index is 0.162. The molecule has 0 aliphatic heterocycles. The van der Waals surface area contributed by atoms with E-state index in [1.165, 1.54) is 11.8 Å². The smallest absolute Gasteiger partial charge is 0.326 e. The molecule has 2 aromatic heterocycles. The Labute approximate surface area is 190 Å². The fourth-order valence-electron chi connectivity index (χ4n) is 3.64. The van der Waals surface area contributed by atoms with Gasteiger partial charge in [0.15, 0.2) is 0 Å². The molecule has 1 atom stereocenters. The van der Waals surface area contributed by atoms with E-state index in [2.05, 4.69) is 20.6 Å². The third kappa shape index (κ3) is 4.87. The number of nitrogens with zero attached hydrogens (tertiary/aromatic N) is 5. The van der Waals surface area contributed by atoms with Crippen molar-refractivity contribution < 1.29 is 14.7 Å². The Hall–Kier alpha value is -4.14. The number of rotatable bonds is 8. The zero-order valence-electron chi connectivity index (χ0n) is 18.4. The van der Waals surface area contributed by atoms with Crippen molar-refractivity contribution in [2.24, 2.45) is 0 Å². The summed E-state index contributed by atoms with van der Waals surface area (Å²) in [5.74, 6) is -0.647. The second-order valence-electron chi connectivity index (χ2n) is 7.82. The topological polar surface area (TPSA) is 125 Å². The molecule has 168 valence electrons. The van der Waals surface area contributed by atoms with E-state index >= 15 is 0 Å². The number of pyridine rings is 1. The highest BCUT2D eigenvalue weighted by atomic mass is 16.4. The highest BCUT2D eigenvalue weighted by molar-refractivity contribution is 5.84. The Kier molecular flexibility index (Phi) is 6.39. The molecule has 4 aromatic rings. The van der Waals surface area contributed by atoms with Crippen LogP contribution in [0, 0.1) is 0 Å². The second-order valence-corrected chi connectivity index (χ2v) is 7.82. The highest BCUT2D eigenvalue weighted by Gasteiger charge is 2.25. The summed E-state index contributed by atoms with van der Waals surface area (Å²) in [6.07, 6.45) is 0.990. The van der Waals surface area contributed by atoms with Crippen molar-refractivity contribution in [2.75, 3.05) is 0 Å². The van der Waals surface area contributed by atoms with Crippen molar-refractivity contribution in [1.29, 1.82) is 0 Å². The Morgan fingerprint density at radius 1 is 1.06 bits per heavy atom. The minimum Gasteiger partial charge on any atom is -0.480 e. The molecule has 0 aliphatic carbocycles. The number of hydrogen-bond donors (Lipinski definition) is 2. The number of H-pyrrole nitrogens is 1. The van der Waals surface area contributed by atoms with Gasteiger partial charge in [0.05, 0.1) is 11.2 Å². The average Bonchev–Trinajstić information content (AvgIpc) is 3.37. The molecule has 0 radical (unpaired) electrons. The molecular weight excluding hydrogens is 420 g/mol. The van der Waals surface area contributed by atoms with Gasteiger partial charge in [-0.25, -0.2) is 9.78 Å². The molecular formula is C24H24N6O3. The normalized spacial score (nSPS) is 11.9. The van der Waals surface area contributed by atoms with Gasteiger partial charge in [0.25, 0.3) is 0 Å². The Morgan fingerprint density at radius 2 is 1.82 bits per heavy atom. The van der Waals surface area contributed by atoms with Gasteiger partial charge in [-0.1, -0.05) is 43.3 Å². The van der Waals surface area contributed by atoms with Crippen molar-refractivity contribution in [3.05, 3.63) is 60.2 Å². The standard InChI is InChI=1S/C24H24N6O3/c1-3-4-22(31)30(15(2)24(32)33)14-16-5-11-21-19(13-16)10-12-20(25-21)17-6-8-18(9-7-17)23-26-28-29-27-23/h5-13,15H,3-4,14H2,1-2H3,(H,32,33)(H,26,27,28,29). The Balaban J connectivity index is 1.57. The largest absolute Gasteiger partial charge is 0.480 e. The number of amides is 1. The Bertz CT molecular complexity index is 1270. The maximum absolute atomic E-state index is 12.5. The molecule has 0 saturated heterocycles.